The van der Waals surface area contributed by atoms with Crippen molar-refractivity contribution in [3.05, 3.63) is 78.2 Å². The zero-order chi connectivity index (χ0) is 20.6. The van der Waals surface area contributed by atoms with E-state index in [-0.39, 0.29) is 10.7 Å². The van der Waals surface area contributed by atoms with Gasteiger partial charge in [-0.1, -0.05) is 24.3 Å². The first-order valence-corrected chi connectivity index (χ1v) is 10.4. The monoisotopic (exact) mass is 406 g/mol. The highest BCUT2D eigenvalue weighted by molar-refractivity contribution is 7.92. The fourth-order valence-corrected chi connectivity index (χ4v) is 4.20. The average molecular weight is 406 g/mol. The van der Waals surface area contributed by atoms with Crippen LogP contribution in [0.2, 0.25) is 0 Å². The number of fused-ring (bicyclic) bond motifs is 1. The second-order valence-corrected chi connectivity index (χ2v) is 8.29. The van der Waals surface area contributed by atoms with E-state index < -0.39 is 10.0 Å². The minimum Gasteiger partial charge on any atom is -0.295 e. The summed E-state index contributed by atoms with van der Waals surface area (Å²) in [4.78, 5) is 20.4. The molecule has 29 heavy (non-hydrogen) atoms. The standard InChI is InChI=1S/C21H18N4O3S/c1-14-20(23-21-22-10-5-11-25(14)21)17-7-3-8-18(12-17)24-29(27,28)19-9-4-6-16(13-19)15(2)26/h3-13,24H,1-2H3. The molecule has 0 spiro atoms. The fourth-order valence-electron chi connectivity index (χ4n) is 3.10. The number of nitrogens with one attached hydrogen (secondary N) is 1. The van der Waals surface area contributed by atoms with Gasteiger partial charge in [0.2, 0.25) is 5.78 Å². The zero-order valence-corrected chi connectivity index (χ0v) is 16.6. The van der Waals surface area contributed by atoms with E-state index in [9.17, 15) is 13.2 Å². The Kier molecular flexibility index (Phi) is 4.63. The van der Waals surface area contributed by atoms with Gasteiger partial charge in [0.25, 0.3) is 10.0 Å². The minimum absolute atomic E-state index is 0.0312. The number of Topliss-reactive ketones (excluding diaryl/α,β-unsaturated/α-hetero) is 1. The first-order valence-electron chi connectivity index (χ1n) is 8.89. The quantitative estimate of drug-likeness (QED) is 0.510. The predicted octanol–water partition coefficient (Wildman–Crippen LogP) is 3.71. The van der Waals surface area contributed by atoms with Crippen LogP contribution in [0.3, 0.4) is 0 Å². The van der Waals surface area contributed by atoms with Gasteiger partial charge in [0.05, 0.1) is 10.6 Å². The predicted molar refractivity (Wildman–Crippen MR) is 110 cm³/mol. The van der Waals surface area contributed by atoms with E-state index in [4.69, 9.17) is 0 Å². The van der Waals surface area contributed by atoms with Crippen molar-refractivity contribution in [2.45, 2.75) is 18.7 Å². The van der Waals surface area contributed by atoms with Gasteiger partial charge in [0, 0.05) is 34.9 Å². The van der Waals surface area contributed by atoms with Gasteiger partial charge in [0.1, 0.15) is 0 Å². The normalized spacial score (nSPS) is 11.5. The van der Waals surface area contributed by atoms with Gasteiger partial charge in [-0.15, -0.1) is 0 Å². The summed E-state index contributed by atoms with van der Waals surface area (Å²) >= 11 is 0. The molecule has 0 radical (unpaired) electrons. The van der Waals surface area contributed by atoms with Crippen LogP contribution in [0.25, 0.3) is 17.0 Å². The first kappa shape index (κ1) is 18.8. The summed E-state index contributed by atoms with van der Waals surface area (Å²) in [7, 11) is -3.84. The molecule has 0 bridgehead atoms. The van der Waals surface area contributed by atoms with Crippen molar-refractivity contribution < 1.29 is 13.2 Å². The largest absolute Gasteiger partial charge is 0.295 e. The van der Waals surface area contributed by atoms with Crippen LogP contribution in [0.15, 0.2) is 71.9 Å². The third-order valence-electron chi connectivity index (χ3n) is 4.58. The van der Waals surface area contributed by atoms with E-state index in [0.717, 1.165) is 17.0 Å². The molecule has 2 aromatic carbocycles. The molecule has 0 fully saturated rings. The molecular weight excluding hydrogens is 388 g/mol. The van der Waals surface area contributed by atoms with Crippen LogP contribution in [-0.4, -0.2) is 28.6 Å². The molecule has 2 heterocycles. The van der Waals surface area contributed by atoms with Gasteiger partial charge in [-0.05, 0) is 44.2 Å². The van der Waals surface area contributed by atoms with E-state index in [1.54, 1.807) is 36.5 Å². The van der Waals surface area contributed by atoms with E-state index >= 15 is 0 Å². The summed E-state index contributed by atoms with van der Waals surface area (Å²) in [6, 6.07) is 14.8. The van der Waals surface area contributed by atoms with Crippen molar-refractivity contribution in [3.63, 3.8) is 0 Å². The Balaban J connectivity index is 1.69. The summed E-state index contributed by atoms with van der Waals surface area (Å²) in [6.45, 7) is 3.33. The van der Waals surface area contributed by atoms with Gasteiger partial charge >= 0.3 is 0 Å². The van der Waals surface area contributed by atoms with Gasteiger partial charge < -0.3 is 0 Å². The molecule has 4 aromatic rings. The number of hydrogen-bond acceptors (Lipinski definition) is 5. The molecule has 7 nitrogen and oxygen atoms in total. The lowest BCUT2D eigenvalue weighted by atomic mass is 10.1. The molecule has 1 N–H and O–H groups in total. The van der Waals surface area contributed by atoms with Crippen LogP contribution in [0.5, 0.6) is 0 Å². The molecule has 146 valence electrons. The number of aromatic nitrogens is 3. The maximum Gasteiger partial charge on any atom is 0.261 e. The number of hydrogen-bond donors (Lipinski definition) is 1. The molecule has 2 aromatic heterocycles. The molecule has 0 aliphatic heterocycles. The number of aryl methyl sites for hydroxylation is 1. The lowest BCUT2D eigenvalue weighted by Crippen LogP contribution is -2.13. The highest BCUT2D eigenvalue weighted by Gasteiger charge is 2.17. The van der Waals surface area contributed by atoms with Gasteiger partial charge in [-0.2, -0.15) is 0 Å². The molecule has 0 atom stereocenters. The molecule has 0 amide bonds. The number of carbonyl (C=O) groups excluding carboxylic acids is 1. The van der Waals surface area contributed by atoms with Crippen LogP contribution < -0.4 is 4.72 Å². The number of ketones is 1. The minimum atomic E-state index is -3.84. The fraction of sp³-hybridized carbons (Fsp3) is 0.0952. The Morgan fingerprint density at radius 1 is 1.07 bits per heavy atom. The molecule has 0 saturated heterocycles. The summed E-state index contributed by atoms with van der Waals surface area (Å²) < 4.78 is 30.0. The number of rotatable bonds is 5. The lowest BCUT2D eigenvalue weighted by molar-refractivity contribution is 0.101. The number of sulfonamides is 1. The molecule has 0 aliphatic rings. The smallest absolute Gasteiger partial charge is 0.261 e. The van der Waals surface area contributed by atoms with Crippen molar-refractivity contribution in [2.75, 3.05) is 4.72 Å². The molecule has 4 rings (SSSR count). The number of carbonyl (C=O) groups is 1. The SMILES string of the molecule is CC(=O)c1cccc(S(=O)(=O)Nc2cccc(-c3nc4ncccn4c3C)c2)c1. The summed E-state index contributed by atoms with van der Waals surface area (Å²) in [5.74, 6) is 0.381. The molecule has 0 aliphatic carbocycles. The number of benzene rings is 2. The highest BCUT2D eigenvalue weighted by Crippen LogP contribution is 2.27. The Morgan fingerprint density at radius 2 is 1.86 bits per heavy atom. The van der Waals surface area contributed by atoms with E-state index in [2.05, 4.69) is 14.7 Å². The van der Waals surface area contributed by atoms with Crippen molar-refractivity contribution in [1.29, 1.82) is 0 Å². The van der Waals surface area contributed by atoms with E-state index in [1.165, 1.54) is 19.1 Å². The van der Waals surface area contributed by atoms with Crippen molar-refractivity contribution >= 4 is 27.3 Å². The number of anilines is 1. The Hall–Kier alpha value is -3.52. The van der Waals surface area contributed by atoms with Gasteiger partial charge in [0.15, 0.2) is 5.78 Å². The lowest BCUT2D eigenvalue weighted by Gasteiger charge is -2.10. The molecule has 8 heteroatoms. The molecule has 0 unspecified atom stereocenters. The van der Waals surface area contributed by atoms with Crippen LogP contribution in [0, 0.1) is 6.92 Å². The topological polar surface area (TPSA) is 93.4 Å². The summed E-state index contributed by atoms with van der Waals surface area (Å²) in [5.41, 5.74) is 3.14. The van der Waals surface area contributed by atoms with Crippen molar-refractivity contribution in [3.8, 4) is 11.3 Å². The van der Waals surface area contributed by atoms with E-state index in [1.807, 2.05) is 29.7 Å². The second-order valence-electron chi connectivity index (χ2n) is 6.61. The summed E-state index contributed by atoms with van der Waals surface area (Å²) in [5, 5.41) is 0. The van der Waals surface area contributed by atoms with Crippen molar-refractivity contribution in [2.24, 2.45) is 0 Å². The Labute approximate surface area is 168 Å². The second kappa shape index (κ2) is 7.14. The van der Waals surface area contributed by atoms with Gasteiger partial charge in [-0.25, -0.2) is 18.4 Å². The molecular formula is C21H18N4O3S. The van der Waals surface area contributed by atoms with Crippen LogP contribution >= 0.6 is 0 Å². The van der Waals surface area contributed by atoms with E-state index in [0.29, 0.717) is 17.0 Å². The van der Waals surface area contributed by atoms with Crippen LogP contribution in [-0.2, 0) is 10.0 Å². The first-order chi connectivity index (χ1) is 13.8. The average Bonchev–Trinajstić information content (AvgIpc) is 3.05. The highest BCUT2D eigenvalue weighted by atomic mass is 32.2. The third-order valence-corrected chi connectivity index (χ3v) is 5.96. The number of imidazole rings is 1. The Bertz CT molecular complexity index is 1340. The third kappa shape index (κ3) is 3.62. The van der Waals surface area contributed by atoms with Crippen molar-refractivity contribution in [1.82, 2.24) is 14.4 Å². The number of nitrogens with zero attached hydrogens (tertiary/aromatic N) is 3. The van der Waals surface area contributed by atoms with Gasteiger partial charge in [-0.3, -0.25) is 13.9 Å². The molecule has 0 saturated carbocycles. The Morgan fingerprint density at radius 3 is 2.62 bits per heavy atom. The van der Waals surface area contributed by atoms with Crippen LogP contribution in [0.4, 0.5) is 5.69 Å². The van der Waals surface area contributed by atoms with Crippen LogP contribution in [0.1, 0.15) is 23.0 Å². The maximum absolute atomic E-state index is 12.8. The zero-order valence-electron chi connectivity index (χ0n) is 15.8. The summed E-state index contributed by atoms with van der Waals surface area (Å²) in [6.07, 6.45) is 3.55. The maximum atomic E-state index is 12.8.